The van der Waals surface area contributed by atoms with Gasteiger partial charge in [-0.15, -0.1) is 0 Å². The van der Waals surface area contributed by atoms with Crippen LogP contribution in [0.4, 0.5) is 10.1 Å². The zero-order valence-corrected chi connectivity index (χ0v) is 12.6. The molecule has 0 amide bonds. The summed E-state index contributed by atoms with van der Waals surface area (Å²) >= 11 is 0. The molecule has 0 spiro atoms. The molecule has 2 aromatic carbocycles. The molecule has 1 N–H and O–H groups in total. The second kappa shape index (κ2) is 6.57. The summed E-state index contributed by atoms with van der Waals surface area (Å²) in [6.07, 6.45) is 0. The van der Waals surface area contributed by atoms with Gasteiger partial charge in [-0.1, -0.05) is 6.07 Å². The van der Waals surface area contributed by atoms with Gasteiger partial charge in [-0.3, -0.25) is 4.72 Å². The van der Waals surface area contributed by atoms with E-state index in [0.717, 1.165) is 24.3 Å². The number of carbonyl (C=O) groups excluding carboxylic acids is 1. The average Bonchev–Trinajstić information content (AvgIpc) is 2.48. The van der Waals surface area contributed by atoms with Crippen molar-refractivity contribution in [1.82, 2.24) is 0 Å². The largest absolute Gasteiger partial charge is 0.462 e. The molecule has 0 aliphatic rings. The van der Waals surface area contributed by atoms with E-state index >= 15 is 0 Å². The van der Waals surface area contributed by atoms with Gasteiger partial charge in [0.2, 0.25) is 0 Å². The summed E-state index contributed by atoms with van der Waals surface area (Å²) in [6.45, 7) is 1.91. The fraction of sp³-hybridized carbons (Fsp3) is 0.133. The molecule has 0 fully saturated rings. The molecule has 0 aliphatic carbocycles. The molecule has 0 bridgehead atoms. The maximum Gasteiger partial charge on any atom is 0.338 e. The van der Waals surface area contributed by atoms with E-state index in [1.807, 2.05) is 0 Å². The quantitative estimate of drug-likeness (QED) is 0.859. The lowest BCUT2D eigenvalue weighted by molar-refractivity contribution is 0.0526. The first-order valence-corrected chi connectivity index (χ1v) is 7.96. The van der Waals surface area contributed by atoms with Crippen molar-refractivity contribution in [2.24, 2.45) is 0 Å². The SMILES string of the molecule is CCOC(=O)c1cccc(NS(=O)(=O)c2ccc(F)cc2)c1. The van der Waals surface area contributed by atoms with Crippen molar-refractivity contribution < 1.29 is 22.3 Å². The van der Waals surface area contributed by atoms with Crippen molar-refractivity contribution >= 4 is 21.7 Å². The third-order valence-corrected chi connectivity index (χ3v) is 4.15. The molecule has 0 heterocycles. The monoisotopic (exact) mass is 323 g/mol. The minimum Gasteiger partial charge on any atom is -0.462 e. The van der Waals surface area contributed by atoms with Crippen LogP contribution in [0.1, 0.15) is 17.3 Å². The first-order chi connectivity index (χ1) is 10.4. The Balaban J connectivity index is 2.24. The Hall–Kier alpha value is -2.41. The van der Waals surface area contributed by atoms with Gasteiger partial charge in [0.25, 0.3) is 10.0 Å². The highest BCUT2D eigenvalue weighted by molar-refractivity contribution is 7.92. The van der Waals surface area contributed by atoms with E-state index < -0.39 is 21.8 Å². The molecule has 0 atom stereocenters. The van der Waals surface area contributed by atoms with Gasteiger partial charge >= 0.3 is 5.97 Å². The molecule has 2 rings (SSSR count). The van der Waals surface area contributed by atoms with Crippen LogP contribution in [0.5, 0.6) is 0 Å². The number of rotatable bonds is 5. The minimum atomic E-state index is -3.85. The Kier molecular flexibility index (Phi) is 4.77. The summed E-state index contributed by atoms with van der Waals surface area (Å²) in [7, 11) is -3.85. The van der Waals surface area contributed by atoms with E-state index in [1.54, 1.807) is 6.92 Å². The molecular weight excluding hydrogens is 309 g/mol. The summed E-state index contributed by atoms with van der Waals surface area (Å²) < 4.78 is 44.4. The molecule has 0 aliphatic heterocycles. The molecule has 0 unspecified atom stereocenters. The predicted molar refractivity (Wildman–Crippen MR) is 79.6 cm³/mol. The summed E-state index contributed by atoms with van der Waals surface area (Å²) in [4.78, 5) is 11.6. The van der Waals surface area contributed by atoms with Crippen LogP contribution in [0.15, 0.2) is 53.4 Å². The number of anilines is 1. The lowest BCUT2D eigenvalue weighted by Gasteiger charge is -2.09. The Bertz CT molecular complexity index is 772. The van der Waals surface area contributed by atoms with Crippen molar-refractivity contribution in [3.05, 3.63) is 59.9 Å². The van der Waals surface area contributed by atoms with E-state index in [1.165, 1.54) is 24.3 Å². The number of nitrogens with one attached hydrogen (secondary N) is 1. The van der Waals surface area contributed by atoms with Gasteiger partial charge in [0.05, 0.1) is 17.1 Å². The van der Waals surface area contributed by atoms with Gasteiger partial charge < -0.3 is 4.74 Å². The molecule has 7 heteroatoms. The first kappa shape index (κ1) is 16.0. The normalized spacial score (nSPS) is 11.0. The second-order valence-corrected chi connectivity index (χ2v) is 6.04. The number of benzene rings is 2. The van der Waals surface area contributed by atoms with E-state index in [4.69, 9.17) is 4.74 Å². The highest BCUT2D eigenvalue weighted by Crippen LogP contribution is 2.18. The molecule has 0 radical (unpaired) electrons. The van der Waals surface area contributed by atoms with Crippen molar-refractivity contribution in [2.75, 3.05) is 11.3 Å². The van der Waals surface area contributed by atoms with Gasteiger partial charge in [0.1, 0.15) is 5.82 Å². The van der Waals surface area contributed by atoms with E-state index in [0.29, 0.717) is 0 Å². The summed E-state index contributed by atoms with van der Waals surface area (Å²) in [6, 6.07) is 10.4. The maximum absolute atomic E-state index is 12.8. The van der Waals surface area contributed by atoms with Gasteiger partial charge in [0.15, 0.2) is 0 Å². The van der Waals surface area contributed by atoms with E-state index in [2.05, 4.69) is 4.72 Å². The smallest absolute Gasteiger partial charge is 0.338 e. The second-order valence-electron chi connectivity index (χ2n) is 4.36. The zero-order valence-electron chi connectivity index (χ0n) is 11.7. The molecule has 116 valence electrons. The standard InChI is InChI=1S/C15H14FNO4S/c1-2-21-15(18)11-4-3-5-13(10-11)17-22(19,20)14-8-6-12(16)7-9-14/h3-10,17H,2H2,1H3. The van der Waals surface area contributed by atoms with Crippen LogP contribution in [0, 0.1) is 5.82 Å². The molecule has 22 heavy (non-hydrogen) atoms. The van der Waals surface area contributed by atoms with Gasteiger partial charge in [-0.05, 0) is 49.4 Å². The Morgan fingerprint density at radius 1 is 1.18 bits per heavy atom. The van der Waals surface area contributed by atoms with E-state index in [9.17, 15) is 17.6 Å². The van der Waals surface area contributed by atoms with Crippen molar-refractivity contribution in [1.29, 1.82) is 0 Å². The fourth-order valence-electron chi connectivity index (χ4n) is 1.75. The first-order valence-electron chi connectivity index (χ1n) is 6.48. The van der Waals surface area contributed by atoms with Crippen molar-refractivity contribution in [3.63, 3.8) is 0 Å². The van der Waals surface area contributed by atoms with Crippen molar-refractivity contribution in [2.45, 2.75) is 11.8 Å². The van der Waals surface area contributed by atoms with Gasteiger partial charge in [-0.25, -0.2) is 17.6 Å². The molecule has 2 aromatic rings. The minimum absolute atomic E-state index is 0.0737. The average molecular weight is 323 g/mol. The van der Waals surface area contributed by atoms with Crippen LogP contribution in [0.25, 0.3) is 0 Å². The summed E-state index contributed by atoms with van der Waals surface area (Å²) in [5, 5.41) is 0. The lowest BCUT2D eigenvalue weighted by atomic mass is 10.2. The zero-order chi connectivity index (χ0) is 16.2. The number of sulfonamides is 1. The predicted octanol–water partition coefficient (Wildman–Crippen LogP) is 2.80. The number of ether oxygens (including phenoxy) is 1. The van der Waals surface area contributed by atoms with Gasteiger partial charge in [-0.2, -0.15) is 0 Å². The number of hydrogen-bond donors (Lipinski definition) is 1. The maximum atomic E-state index is 12.8. The number of esters is 1. The molecule has 0 saturated heterocycles. The molecule has 5 nitrogen and oxygen atoms in total. The van der Waals surface area contributed by atoms with Crippen molar-refractivity contribution in [3.8, 4) is 0 Å². The van der Waals surface area contributed by atoms with Crippen LogP contribution in [-0.2, 0) is 14.8 Å². The Labute approximate surface area is 127 Å². The lowest BCUT2D eigenvalue weighted by Crippen LogP contribution is -2.13. The van der Waals surface area contributed by atoms with Crippen LogP contribution in [-0.4, -0.2) is 21.0 Å². The Morgan fingerprint density at radius 2 is 1.86 bits per heavy atom. The van der Waals surface area contributed by atoms with Crippen LogP contribution >= 0.6 is 0 Å². The molecule has 0 aromatic heterocycles. The highest BCUT2D eigenvalue weighted by atomic mass is 32.2. The third-order valence-electron chi connectivity index (χ3n) is 2.75. The highest BCUT2D eigenvalue weighted by Gasteiger charge is 2.15. The van der Waals surface area contributed by atoms with E-state index in [-0.39, 0.29) is 22.8 Å². The molecule has 0 saturated carbocycles. The van der Waals surface area contributed by atoms with Crippen LogP contribution in [0.3, 0.4) is 0 Å². The number of hydrogen-bond acceptors (Lipinski definition) is 4. The number of carbonyl (C=O) groups is 1. The van der Waals surface area contributed by atoms with Gasteiger partial charge in [0, 0.05) is 5.69 Å². The molecular formula is C15H14FNO4S. The van der Waals surface area contributed by atoms with Crippen LogP contribution < -0.4 is 4.72 Å². The fourth-order valence-corrected chi connectivity index (χ4v) is 2.80. The Morgan fingerprint density at radius 3 is 2.50 bits per heavy atom. The topological polar surface area (TPSA) is 72.5 Å². The third kappa shape index (κ3) is 3.82. The number of halogens is 1. The van der Waals surface area contributed by atoms with Crippen LogP contribution in [0.2, 0.25) is 0 Å². The summed E-state index contributed by atoms with van der Waals surface area (Å²) in [5.74, 6) is -1.06. The summed E-state index contributed by atoms with van der Waals surface area (Å²) in [5.41, 5.74) is 0.455.